The van der Waals surface area contributed by atoms with Gasteiger partial charge in [-0.25, -0.2) is 8.42 Å². The van der Waals surface area contributed by atoms with E-state index >= 15 is 0 Å². The van der Waals surface area contributed by atoms with Gasteiger partial charge in [0.25, 0.3) is 0 Å². The quantitative estimate of drug-likeness (QED) is 0.242. The Balaban J connectivity index is 0.00000576. The molecular weight excluding hydrogens is 453 g/mol. The topological polar surface area (TPSA) is 79.8 Å². The van der Waals surface area contributed by atoms with Gasteiger partial charge in [-0.2, -0.15) is 0 Å². The number of aliphatic imine (C=N–C) groups is 1. The highest BCUT2D eigenvalue weighted by atomic mass is 127. The summed E-state index contributed by atoms with van der Waals surface area (Å²) in [5, 5.41) is 6.40. The highest BCUT2D eigenvalue weighted by molar-refractivity contribution is 14.0. The molecule has 6 nitrogen and oxygen atoms in total. The Bertz CT molecular complexity index is 628. The van der Waals surface area contributed by atoms with Crippen LogP contribution in [-0.4, -0.2) is 59.7 Å². The number of benzene rings is 1. The summed E-state index contributed by atoms with van der Waals surface area (Å²) in [5.74, 6) is 0.765. The van der Waals surface area contributed by atoms with E-state index in [2.05, 4.69) is 47.7 Å². The smallest absolute Gasteiger partial charge is 0.191 e. The standard InChI is InChI=1S/C17H29N3O3S.HI/c1-14-11-15(2)13-16(12-14)5-6-19-17(18-3)20-7-8-23-9-10-24(4,21)22;/h11-13H,5-10H2,1-4H3,(H2,18,19,20);1H. The van der Waals surface area contributed by atoms with Gasteiger partial charge in [0.1, 0.15) is 9.84 Å². The lowest BCUT2D eigenvalue weighted by Gasteiger charge is -2.12. The van der Waals surface area contributed by atoms with Gasteiger partial charge in [-0.3, -0.25) is 4.99 Å². The molecule has 0 fully saturated rings. The number of guanidine groups is 1. The number of ether oxygens (including phenoxy) is 1. The third-order valence-corrected chi connectivity index (χ3v) is 4.26. The van der Waals surface area contributed by atoms with E-state index in [1.165, 1.54) is 22.9 Å². The van der Waals surface area contributed by atoms with Crippen molar-refractivity contribution in [3.8, 4) is 0 Å². The van der Waals surface area contributed by atoms with Crippen LogP contribution in [0.2, 0.25) is 0 Å². The molecule has 144 valence electrons. The van der Waals surface area contributed by atoms with E-state index in [0.29, 0.717) is 19.1 Å². The van der Waals surface area contributed by atoms with Gasteiger partial charge in [-0.15, -0.1) is 24.0 Å². The fourth-order valence-electron chi connectivity index (χ4n) is 2.31. The summed E-state index contributed by atoms with van der Waals surface area (Å²) in [6.07, 6.45) is 2.13. The lowest BCUT2D eigenvalue weighted by Crippen LogP contribution is -2.39. The first-order valence-electron chi connectivity index (χ1n) is 8.07. The zero-order chi connectivity index (χ0) is 18.0. The maximum absolute atomic E-state index is 11.0. The molecule has 1 rings (SSSR count). The predicted molar refractivity (Wildman–Crippen MR) is 115 cm³/mol. The molecule has 0 amide bonds. The molecular formula is C17H30IN3O3S. The van der Waals surface area contributed by atoms with Crippen LogP contribution in [0.15, 0.2) is 23.2 Å². The van der Waals surface area contributed by atoms with Gasteiger partial charge in [0.2, 0.25) is 0 Å². The summed E-state index contributed by atoms with van der Waals surface area (Å²) in [6, 6.07) is 6.56. The van der Waals surface area contributed by atoms with Crippen LogP contribution in [0, 0.1) is 13.8 Å². The average Bonchev–Trinajstić information content (AvgIpc) is 2.46. The van der Waals surface area contributed by atoms with Crippen molar-refractivity contribution in [3.63, 3.8) is 0 Å². The van der Waals surface area contributed by atoms with Gasteiger partial charge in [0.15, 0.2) is 5.96 Å². The van der Waals surface area contributed by atoms with Gasteiger partial charge < -0.3 is 15.4 Å². The van der Waals surface area contributed by atoms with Gasteiger partial charge >= 0.3 is 0 Å². The van der Waals surface area contributed by atoms with Crippen LogP contribution in [0.3, 0.4) is 0 Å². The van der Waals surface area contributed by atoms with Gasteiger partial charge in [-0.1, -0.05) is 29.3 Å². The van der Waals surface area contributed by atoms with Crippen molar-refractivity contribution in [3.05, 3.63) is 34.9 Å². The Labute approximate surface area is 168 Å². The number of hydrogen-bond donors (Lipinski definition) is 2. The number of halogens is 1. The summed E-state index contributed by atoms with van der Waals surface area (Å²) in [5.41, 5.74) is 3.86. The van der Waals surface area contributed by atoms with Crippen LogP contribution < -0.4 is 10.6 Å². The zero-order valence-corrected chi connectivity index (χ0v) is 18.6. The van der Waals surface area contributed by atoms with Crippen LogP contribution >= 0.6 is 24.0 Å². The third kappa shape index (κ3) is 12.2. The molecule has 0 saturated heterocycles. The van der Waals surface area contributed by atoms with Crippen molar-refractivity contribution in [2.45, 2.75) is 20.3 Å². The molecule has 0 aliphatic carbocycles. The molecule has 8 heteroatoms. The monoisotopic (exact) mass is 483 g/mol. The average molecular weight is 483 g/mol. The van der Waals surface area contributed by atoms with Crippen molar-refractivity contribution in [1.82, 2.24) is 10.6 Å². The zero-order valence-electron chi connectivity index (χ0n) is 15.5. The summed E-state index contributed by atoms with van der Waals surface area (Å²) in [7, 11) is -1.24. The number of nitrogens with one attached hydrogen (secondary N) is 2. The van der Waals surface area contributed by atoms with Crippen LogP contribution in [0.25, 0.3) is 0 Å². The first-order chi connectivity index (χ1) is 11.3. The molecule has 0 aliphatic rings. The second kappa shape index (κ2) is 12.5. The summed E-state index contributed by atoms with van der Waals surface area (Å²) in [4.78, 5) is 4.15. The number of hydrogen-bond acceptors (Lipinski definition) is 4. The number of rotatable bonds is 9. The Morgan fingerprint density at radius 1 is 1.08 bits per heavy atom. The molecule has 0 heterocycles. The fourth-order valence-corrected chi connectivity index (χ4v) is 2.73. The molecule has 2 N–H and O–H groups in total. The minimum atomic E-state index is -2.96. The van der Waals surface area contributed by atoms with Crippen molar-refractivity contribution in [2.24, 2.45) is 4.99 Å². The fraction of sp³-hybridized carbons (Fsp3) is 0.588. The van der Waals surface area contributed by atoms with Crippen LogP contribution in [0.4, 0.5) is 0 Å². The van der Waals surface area contributed by atoms with E-state index in [-0.39, 0.29) is 36.3 Å². The van der Waals surface area contributed by atoms with Crippen molar-refractivity contribution < 1.29 is 13.2 Å². The molecule has 0 aliphatic heterocycles. The second-order valence-corrected chi connectivity index (χ2v) is 8.17. The molecule has 0 unspecified atom stereocenters. The van der Waals surface area contributed by atoms with Crippen LogP contribution in [0.1, 0.15) is 16.7 Å². The van der Waals surface area contributed by atoms with Gasteiger partial charge in [0.05, 0.1) is 19.0 Å². The van der Waals surface area contributed by atoms with Crippen LogP contribution in [0.5, 0.6) is 0 Å². The first-order valence-corrected chi connectivity index (χ1v) is 10.1. The van der Waals surface area contributed by atoms with E-state index in [1.807, 2.05) is 0 Å². The Hall–Kier alpha value is -0.870. The minimum Gasteiger partial charge on any atom is -0.379 e. The highest BCUT2D eigenvalue weighted by Gasteiger charge is 2.02. The Morgan fingerprint density at radius 3 is 2.24 bits per heavy atom. The van der Waals surface area contributed by atoms with E-state index in [9.17, 15) is 8.42 Å². The van der Waals surface area contributed by atoms with Gasteiger partial charge in [-0.05, 0) is 25.8 Å². The third-order valence-electron chi connectivity index (χ3n) is 3.35. The molecule has 1 aromatic rings. The van der Waals surface area contributed by atoms with Crippen molar-refractivity contribution >= 4 is 39.8 Å². The highest BCUT2D eigenvalue weighted by Crippen LogP contribution is 2.08. The number of sulfone groups is 1. The molecule has 0 radical (unpaired) electrons. The maximum atomic E-state index is 11.0. The first kappa shape index (κ1) is 24.1. The minimum absolute atomic E-state index is 0. The van der Waals surface area contributed by atoms with E-state index < -0.39 is 9.84 Å². The molecule has 0 bridgehead atoms. The molecule has 0 spiro atoms. The molecule has 25 heavy (non-hydrogen) atoms. The van der Waals surface area contributed by atoms with Crippen molar-refractivity contribution in [1.29, 1.82) is 0 Å². The lowest BCUT2D eigenvalue weighted by molar-refractivity contribution is 0.154. The summed E-state index contributed by atoms with van der Waals surface area (Å²) < 4.78 is 27.2. The second-order valence-electron chi connectivity index (χ2n) is 5.91. The summed E-state index contributed by atoms with van der Waals surface area (Å²) >= 11 is 0. The molecule has 0 aromatic heterocycles. The molecule has 1 aromatic carbocycles. The van der Waals surface area contributed by atoms with Crippen LogP contribution in [-0.2, 0) is 21.0 Å². The SMILES string of the molecule is CN=C(NCCOCCS(C)(=O)=O)NCCc1cc(C)cc(C)c1.I. The Morgan fingerprint density at radius 2 is 1.68 bits per heavy atom. The van der Waals surface area contributed by atoms with Gasteiger partial charge in [0, 0.05) is 26.4 Å². The van der Waals surface area contributed by atoms with E-state index in [1.54, 1.807) is 7.05 Å². The Kier molecular flexibility index (Phi) is 12.0. The lowest BCUT2D eigenvalue weighted by atomic mass is 10.1. The summed E-state index contributed by atoms with van der Waals surface area (Å²) in [6.45, 7) is 6.24. The van der Waals surface area contributed by atoms with E-state index in [4.69, 9.17) is 4.74 Å². The maximum Gasteiger partial charge on any atom is 0.191 e. The number of nitrogens with zero attached hydrogens (tertiary/aromatic N) is 1. The number of aryl methyl sites for hydroxylation is 2. The molecule has 0 saturated carbocycles. The largest absolute Gasteiger partial charge is 0.379 e. The predicted octanol–water partition coefficient (Wildman–Crippen LogP) is 1.69. The normalized spacial score (nSPS) is 11.8. The molecule has 0 atom stereocenters. The van der Waals surface area contributed by atoms with E-state index in [0.717, 1.165) is 13.0 Å². The van der Waals surface area contributed by atoms with Crippen molar-refractivity contribution in [2.75, 3.05) is 45.4 Å².